The maximum atomic E-state index is 12.3. The highest BCUT2D eigenvalue weighted by molar-refractivity contribution is 7.89. The maximum Gasteiger partial charge on any atom is 0.121 e. The SMILES string of the molecule is Cc1ccc(S(=O)/C(C#N)=C/c2ccccc2)cc1. The molecule has 1 atom stereocenters. The lowest BCUT2D eigenvalue weighted by Crippen LogP contribution is -1.94. The predicted molar refractivity (Wildman–Crippen MR) is 77.6 cm³/mol. The number of nitrogens with zero attached hydrogens (tertiary/aromatic N) is 1. The molecular formula is C16H13NOS. The van der Waals surface area contributed by atoms with Crippen LogP contribution in [0.15, 0.2) is 64.4 Å². The van der Waals surface area contributed by atoms with E-state index in [1.807, 2.05) is 55.5 Å². The third kappa shape index (κ3) is 3.40. The van der Waals surface area contributed by atoms with Gasteiger partial charge >= 0.3 is 0 Å². The summed E-state index contributed by atoms with van der Waals surface area (Å²) in [5.74, 6) is 0. The molecule has 19 heavy (non-hydrogen) atoms. The molecule has 0 saturated heterocycles. The summed E-state index contributed by atoms with van der Waals surface area (Å²) < 4.78 is 12.3. The van der Waals surface area contributed by atoms with Crippen molar-refractivity contribution in [1.82, 2.24) is 0 Å². The van der Waals surface area contributed by atoms with Gasteiger partial charge in [-0.3, -0.25) is 0 Å². The van der Waals surface area contributed by atoms with Crippen LogP contribution < -0.4 is 0 Å². The number of hydrogen-bond donors (Lipinski definition) is 0. The zero-order chi connectivity index (χ0) is 13.7. The third-order valence-electron chi connectivity index (χ3n) is 2.64. The average Bonchev–Trinajstić information content (AvgIpc) is 2.46. The van der Waals surface area contributed by atoms with E-state index in [-0.39, 0.29) is 4.91 Å². The Morgan fingerprint density at radius 1 is 1.11 bits per heavy atom. The number of aryl methyl sites for hydroxylation is 1. The molecule has 0 bridgehead atoms. The largest absolute Gasteiger partial charge is 0.248 e. The Labute approximate surface area is 115 Å². The summed E-state index contributed by atoms with van der Waals surface area (Å²) in [5.41, 5.74) is 1.98. The van der Waals surface area contributed by atoms with Crippen molar-refractivity contribution in [1.29, 1.82) is 5.26 Å². The van der Waals surface area contributed by atoms with Gasteiger partial charge in [-0.25, -0.2) is 4.21 Å². The van der Waals surface area contributed by atoms with Crippen molar-refractivity contribution in [2.75, 3.05) is 0 Å². The minimum Gasteiger partial charge on any atom is -0.248 e. The molecule has 0 saturated carbocycles. The van der Waals surface area contributed by atoms with Crippen molar-refractivity contribution in [3.8, 4) is 6.07 Å². The van der Waals surface area contributed by atoms with Crippen LogP contribution in [-0.2, 0) is 10.8 Å². The molecule has 0 spiro atoms. The topological polar surface area (TPSA) is 40.9 Å². The van der Waals surface area contributed by atoms with Gasteiger partial charge in [-0.1, -0.05) is 48.0 Å². The first-order chi connectivity index (χ1) is 9.20. The molecular weight excluding hydrogens is 254 g/mol. The molecule has 0 aromatic heterocycles. The van der Waals surface area contributed by atoms with Crippen molar-refractivity contribution in [2.45, 2.75) is 11.8 Å². The van der Waals surface area contributed by atoms with Crippen LogP contribution in [0.4, 0.5) is 0 Å². The van der Waals surface area contributed by atoms with Crippen LogP contribution in [0.3, 0.4) is 0 Å². The van der Waals surface area contributed by atoms with Gasteiger partial charge in [-0.05, 0) is 30.7 Å². The van der Waals surface area contributed by atoms with Gasteiger partial charge < -0.3 is 0 Å². The summed E-state index contributed by atoms with van der Waals surface area (Å²) in [5, 5.41) is 9.16. The van der Waals surface area contributed by atoms with Gasteiger partial charge in [0.05, 0.1) is 10.8 Å². The van der Waals surface area contributed by atoms with Crippen LogP contribution in [0, 0.1) is 18.3 Å². The second kappa shape index (κ2) is 6.12. The molecule has 0 heterocycles. The van der Waals surface area contributed by atoms with E-state index in [0.29, 0.717) is 4.90 Å². The number of allylic oxidation sites excluding steroid dienone is 1. The predicted octanol–water partition coefficient (Wildman–Crippen LogP) is 3.67. The minimum atomic E-state index is -1.43. The van der Waals surface area contributed by atoms with Gasteiger partial charge in [0.1, 0.15) is 11.0 Å². The summed E-state index contributed by atoms with van der Waals surface area (Å²) in [4.78, 5) is 0.907. The van der Waals surface area contributed by atoms with Gasteiger partial charge in [0.25, 0.3) is 0 Å². The van der Waals surface area contributed by atoms with E-state index in [0.717, 1.165) is 11.1 Å². The van der Waals surface area contributed by atoms with Crippen molar-refractivity contribution >= 4 is 16.9 Å². The second-order valence-corrected chi connectivity index (χ2v) is 5.56. The van der Waals surface area contributed by atoms with Crippen LogP contribution in [0.1, 0.15) is 11.1 Å². The Bertz CT molecular complexity index is 651. The van der Waals surface area contributed by atoms with Gasteiger partial charge in [0.15, 0.2) is 0 Å². The smallest absolute Gasteiger partial charge is 0.121 e. The van der Waals surface area contributed by atoms with E-state index < -0.39 is 10.8 Å². The molecule has 2 aromatic rings. The highest BCUT2D eigenvalue weighted by Gasteiger charge is 2.09. The lowest BCUT2D eigenvalue weighted by Gasteiger charge is -2.01. The first-order valence-corrected chi connectivity index (χ1v) is 7.01. The number of benzene rings is 2. The molecule has 94 valence electrons. The van der Waals surface area contributed by atoms with Crippen LogP contribution in [0.5, 0.6) is 0 Å². The Morgan fingerprint density at radius 3 is 2.32 bits per heavy atom. The Kier molecular flexibility index (Phi) is 4.27. The number of nitriles is 1. The van der Waals surface area contributed by atoms with E-state index in [2.05, 4.69) is 0 Å². The molecule has 2 aromatic carbocycles. The summed E-state index contributed by atoms with van der Waals surface area (Å²) in [6.45, 7) is 1.97. The molecule has 0 aliphatic heterocycles. The first kappa shape index (κ1) is 13.3. The summed E-state index contributed by atoms with van der Waals surface area (Å²) in [6, 6.07) is 18.8. The Morgan fingerprint density at radius 2 is 1.74 bits per heavy atom. The molecule has 3 heteroatoms. The second-order valence-electron chi connectivity index (χ2n) is 4.11. The fraction of sp³-hybridized carbons (Fsp3) is 0.0625. The summed E-state index contributed by atoms with van der Waals surface area (Å²) >= 11 is 0. The molecule has 2 nitrogen and oxygen atoms in total. The number of rotatable bonds is 3. The quantitative estimate of drug-likeness (QED) is 0.796. The maximum absolute atomic E-state index is 12.3. The van der Waals surface area contributed by atoms with Crippen molar-refractivity contribution < 1.29 is 4.21 Å². The van der Waals surface area contributed by atoms with E-state index in [1.54, 1.807) is 18.2 Å². The zero-order valence-electron chi connectivity index (χ0n) is 10.5. The van der Waals surface area contributed by atoms with Crippen LogP contribution in [-0.4, -0.2) is 4.21 Å². The molecule has 0 aliphatic rings. The van der Waals surface area contributed by atoms with Crippen molar-refractivity contribution in [2.24, 2.45) is 0 Å². The lowest BCUT2D eigenvalue weighted by molar-refractivity contribution is 0.687. The molecule has 0 N–H and O–H groups in total. The van der Waals surface area contributed by atoms with Gasteiger partial charge in [-0.2, -0.15) is 5.26 Å². The molecule has 0 amide bonds. The third-order valence-corrected chi connectivity index (χ3v) is 3.95. The molecule has 0 aliphatic carbocycles. The van der Waals surface area contributed by atoms with Gasteiger partial charge in [-0.15, -0.1) is 0 Å². The first-order valence-electron chi connectivity index (χ1n) is 5.86. The molecule has 0 fully saturated rings. The fourth-order valence-corrected chi connectivity index (χ4v) is 2.58. The highest BCUT2D eigenvalue weighted by Crippen LogP contribution is 2.17. The number of hydrogen-bond acceptors (Lipinski definition) is 2. The van der Waals surface area contributed by atoms with E-state index in [9.17, 15) is 4.21 Å². The van der Waals surface area contributed by atoms with Crippen LogP contribution in [0.2, 0.25) is 0 Å². The van der Waals surface area contributed by atoms with E-state index in [1.165, 1.54) is 0 Å². The van der Waals surface area contributed by atoms with Crippen LogP contribution >= 0.6 is 0 Å². The molecule has 2 rings (SSSR count). The zero-order valence-corrected chi connectivity index (χ0v) is 11.4. The van der Waals surface area contributed by atoms with Gasteiger partial charge in [0.2, 0.25) is 0 Å². The monoisotopic (exact) mass is 267 g/mol. The van der Waals surface area contributed by atoms with Crippen molar-refractivity contribution in [3.63, 3.8) is 0 Å². The standard InChI is InChI=1S/C16H13NOS/c1-13-7-9-15(10-8-13)19(18)16(12-17)11-14-5-3-2-4-6-14/h2-11H,1H3/b16-11+. The molecule has 1 unspecified atom stereocenters. The Balaban J connectivity index is 2.33. The normalized spacial score (nSPS) is 12.7. The Hall–Kier alpha value is -2.18. The highest BCUT2D eigenvalue weighted by atomic mass is 32.2. The molecule has 0 radical (unpaired) electrons. The minimum absolute atomic E-state index is 0.259. The fourth-order valence-electron chi connectivity index (χ4n) is 1.62. The lowest BCUT2D eigenvalue weighted by atomic mass is 10.2. The van der Waals surface area contributed by atoms with Crippen molar-refractivity contribution in [3.05, 3.63) is 70.6 Å². The van der Waals surface area contributed by atoms with E-state index >= 15 is 0 Å². The van der Waals surface area contributed by atoms with Crippen LogP contribution in [0.25, 0.3) is 6.08 Å². The average molecular weight is 267 g/mol. The van der Waals surface area contributed by atoms with Gasteiger partial charge in [0, 0.05) is 4.90 Å². The summed E-state index contributed by atoms with van der Waals surface area (Å²) in [7, 11) is -1.43. The van der Waals surface area contributed by atoms with E-state index in [4.69, 9.17) is 5.26 Å². The summed E-state index contributed by atoms with van der Waals surface area (Å²) in [6.07, 6.45) is 1.66.